The second-order valence-electron chi connectivity index (χ2n) is 5.60. The van der Waals surface area contributed by atoms with Crippen molar-refractivity contribution in [3.05, 3.63) is 35.4 Å². The molecule has 1 fully saturated rings. The van der Waals surface area contributed by atoms with Gasteiger partial charge in [0, 0.05) is 6.54 Å². The Labute approximate surface area is 123 Å². The quantitative estimate of drug-likeness (QED) is 0.921. The number of nitrogens with zero attached hydrogens (tertiary/aromatic N) is 1. The topological polar surface area (TPSA) is 66.8 Å². The number of carbonyl (C=O) groups excluding carboxylic acids is 1. The van der Waals surface area contributed by atoms with Crippen molar-refractivity contribution < 1.29 is 19.4 Å². The van der Waals surface area contributed by atoms with Crippen LogP contribution in [0.25, 0.3) is 0 Å². The van der Waals surface area contributed by atoms with Gasteiger partial charge in [0.1, 0.15) is 6.04 Å². The first-order valence-corrected chi connectivity index (χ1v) is 7.38. The highest BCUT2D eigenvalue weighted by Crippen LogP contribution is 2.31. The van der Waals surface area contributed by atoms with E-state index in [-0.39, 0.29) is 18.4 Å². The third-order valence-corrected chi connectivity index (χ3v) is 4.31. The number of carboxylic acids is 1. The molecule has 0 unspecified atom stereocenters. The Kier molecular flexibility index (Phi) is 3.92. The Balaban J connectivity index is 1.73. The number of ether oxygens (including phenoxy) is 1. The van der Waals surface area contributed by atoms with Crippen molar-refractivity contribution in [2.75, 3.05) is 13.2 Å². The molecule has 1 N–H and O–H groups in total. The zero-order valence-corrected chi connectivity index (χ0v) is 11.8. The molecular weight excluding hydrogens is 270 g/mol. The van der Waals surface area contributed by atoms with E-state index in [4.69, 9.17) is 4.74 Å². The number of amides is 1. The maximum Gasteiger partial charge on any atom is 0.326 e. The third kappa shape index (κ3) is 2.78. The molecule has 1 aromatic rings. The summed E-state index contributed by atoms with van der Waals surface area (Å²) in [6.07, 6.45) is 2.13. The van der Waals surface area contributed by atoms with Gasteiger partial charge in [0.25, 0.3) is 0 Å². The molecule has 3 rings (SSSR count). The average Bonchev–Trinajstić information content (AvgIpc) is 2.97. The molecule has 1 aromatic carbocycles. The molecular formula is C16H19NO4. The van der Waals surface area contributed by atoms with Crippen molar-refractivity contribution >= 4 is 11.9 Å². The predicted octanol–water partition coefficient (Wildman–Crippen LogP) is 1.77. The summed E-state index contributed by atoms with van der Waals surface area (Å²) in [7, 11) is 0. The van der Waals surface area contributed by atoms with Gasteiger partial charge in [-0.2, -0.15) is 0 Å². The zero-order valence-electron chi connectivity index (χ0n) is 11.8. The van der Waals surface area contributed by atoms with Crippen LogP contribution < -0.4 is 0 Å². The highest BCUT2D eigenvalue weighted by molar-refractivity contribution is 5.84. The van der Waals surface area contributed by atoms with Gasteiger partial charge in [-0.25, -0.2) is 4.79 Å². The maximum atomic E-state index is 12.4. The Hall–Kier alpha value is -1.88. The van der Waals surface area contributed by atoms with E-state index in [9.17, 15) is 14.7 Å². The van der Waals surface area contributed by atoms with Crippen molar-refractivity contribution in [2.45, 2.75) is 37.8 Å². The molecule has 0 aliphatic carbocycles. The Morgan fingerprint density at radius 2 is 2.14 bits per heavy atom. The van der Waals surface area contributed by atoms with Gasteiger partial charge < -0.3 is 14.7 Å². The fourth-order valence-corrected chi connectivity index (χ4v) is 3.24. The van der Waals surface area contributed by atoms with Crippen molar-refractivity contribution in [1.82, 2.24) is 4.90 Å². The second kappa shape index (κ2) is 5.85. The number of hydrogen-bond acceptors (Lipinski definition) is 3. The fourth-order valence-electron chi connectivity index (χ4n) is 3.24. The normalized spacial score (nSPS) is 24.7. The van der Waals surface area contributed by atoms with Crippen LogP contribution in [0.15, 0.2) is 24.3 Å². The van der Waals surface area contributed by atoms with Crippen molar-refractivity contribution in [3.63, 3.8) is 0 Å². The first-order valence-electron chi connectivity index (χ1n) is 7.38. The van der Waals surface area contributed by atoms with E-state index in [0.717, 1.165) is 18.4 Å². The van der Waals surface area contributed by atoms with Crippen LogP contribution in [-0.2, 0) is 20.7 Å². The lowest BCUT2D eigenvalue weighted by molar-refractivity contribution is -0.149. The van der Waals surface area contributed by atoms with Crippen LogP contribution in [0.2, 0.25) is 0 Å². The van der Waals surface area contributed by atoms with E-state index < -0.39 is 12.0 Å². The lowest BCUT2D eigenvalue weighted by Crippen LogP contribution is -2.41. The van der Waals surface area contributed by atoms with Crippen LogP contribution in [0.3, 0.4) is 0 Å². The minimum absolute atomic E-state index is 0.124. The Morgan fingerprint density at radius 1 is 1.33 bits per heavy atom. The molecule has 1 saturated heterocycles. The Morgan fingerprint density at radius 3 is 2.95 bits per heavy atom. The summed E-state index contributed by atoms with van der Waals surface area (Å²) in [6.45, 7) is 1.14. The molecule has 0 saturated carbocycles. The number of benzene rings is 1. The number of hydrogen-bond donors (Lipinski definition) is 1. The first-order chi connectivity index (χ1) is 10.2. The molecule has 2 atom stereocenters. The van der Waals surface area contributed by atoms with Crippen molar-refractivity contribution in [3.8, 4) is 0 Å². The van der Waals surface area contributed by atoms with E-state index in [1.54, 1.807) is 0 Å². The molecule has 5 nitrogen and oxygen atoms in total. The molecule has 112 valence electrons. The minimum atomic E-state index is -0.911. The van der Waals surface area contributed by atoms with Gasteiger partial charge in [0.15, 0.2) is 0 Å². The summed E-state index contributed by atoms with van der Waals surface area (Å²) < 4.78 is 5.74. The summed E-state index contributed by atoms with van der Waals surface area (Å²) in [6, 6.07) is 7.32. The van der Waals surface area contributed by atoms with Crippen LogP contribution in [0, 0.1) is 0 Å². The molecule has 2 aliphatic heterocycles. The van der Waals surface area contributed by atoms with Crippen LogP contribution in [0.5, 0.6) is 0 Å². The maximum absolute atomic E-state index is 12.4. The molecule has 2 aliphatic rings. The Bertz CT molecular complexity index is 557. The molecule has 21 heavy (non-hydrogen) atoms. The van der Waals surface area contributed by atoms with Crippen LogP contribution in [0.4, 0.5) is 0 Å². The van der Waals surface area contributed by atoms with Gasteiger partial charge >= 0.3 is 5.97 Å². The van der Waals surface area contributed by atoms with Crippen LogP contribution in [0.1, 0.15) is 36.5 Å². The smallest absolute Gasteiger partial charge is 0.326 e. The monoisotopic (exact) mass is 289 g/mol. The van der Waals surface area contributed by atoms with Gasteiger partial charge in [0.2, 0.25) is 5.91 Å². The summed E-state index contributed by atoms with van der Waals surface area (Å²) in [5.74, 6) is -1.03. The molecule has 1 amide bonds. The summed E-state index contributed by atoms with van der Waals surface area (Å²) in [4.78, 5) is 25.1. The van der Waals surface area contributed by atoms with Crippen molar-refractivity contribution in [1.29, 1.82) is 0 Å². The number of aliphatic carboxylic acids is 1. The summed E-state index contributed by atoms with van der Waals surface area (Å²) in [5.41, 5.74) is 2.28. The van der Waals surface area contributed by atoms with Crippen LogP contribution >= 0.6 is 0 Å². The lowest BCUT2D eigenvalue weighted by Gasteiger charge is -2.28. The average molecular weight is 289 g/mol. The van der Waals surface area contributed by atoms with E-state index in [1.807, 2.05) is 18.2 Å². The standard InChI is InChI=1S/C16H19NO4/c18-15(17-8-3-6-13(17)16(19)20)10-14-12-5-2-1-4-11(12)7-9-21-14/h1-2,4-5,13-14H,3,6-10H2,(H,19,20)/t13-,14+/m1/s1. The lowest BCUT2D eigenvalue weighted by atomic mass is 9.95. The SMILES string of the molecule is O=C(O)[C@H]1CCCN1C(=O)C[C@@H]1OCCc2ccccc21. The molecule has 2 heterocycles. The first kappa shape index (κ1) is 14.1. The van der Waals surface area contributed by atoms with Gasteiger partial charge in [-0.3, -0.25) is 4.79 Å². The molecule has 0 aromatic heterocycles. The van der Waals surface area contributed by atoms with Crippen molar-refractivity contribution in [2.24, 2.45) is 0 Å². The van der Waals surface area contributed by atoms with Crippen LogP contribution in [-0.4, -0.2) is 41.1 Å². The number of carbonyl (C=O) groups is 2. The van der Waals surface area contributed by atoms with E-state index in [0.29, 0.717) is 19.6 Å². The predicted molar refractivity (Wildman–Crippen MR) is 75.8 cm³/mol. The third-order valence-electron chi connectivity index (χ3n) is 4.31. The van der Waals surface area contributed by atoms with Gasteiger partial charge in [0.05, 0.1) is 19.1 Å². The number of likely N-dealkylation sites (tertiary alicyclic amines) is 1. The molecule has 0 bridgehead atoms. The fraction of sp³-hybridized carbons (Fsp3) is 0.500. The van der Waals surface area contributed by atoms with Gasteiger partial charge in [-0.05, 0) is 30.4 Å². The molecule has 5 heteroatoms. The minimum Gasteiger partial charge on any atom is -0.480 e. The van der Waals surface area contributed by atoms with Gasteiger partial charge in [-0.1, -0.05) is 24.3 Å². The van der Waals surface area contributed by atoms with Gasteiger partial charge in [-0.15, -0.1) is 0 Å². The van der Waals surface area contributed by atoms with E-state index in [2.05, 4.69) is 6.07 Å². The zero-order chi connectivity index (χ0) is 14.8. The van der Waals surface area contributed by atoms with E-state index >= 15 is 0 Å². The number of carboxylic acid groups (broad SMARTS) is 1. The van der Waals surface area contributed by atoms with E-state index in [1.165, 1.54) is 10.5 Å². The number of fused-ring (bicyclic) bond motifs is 1. The molecule has 0 spiro atoms. The highest BCUT2D eigenvalue weighted by atomic mass is 16.5. The molecule has 0 radical (unpaired) electrons. The number of rotatable bonds is 3. The summed E-state index contributed by atoms with van der Waals surface area (Å²) in [5, 5.41) is 9.17. The largest absolute Gasteiger partial charge is 0.480 e. The second-order valence-corrected chi connectivity index (χ2v) is 5.60. The summed E-state index contributed by atoms with van der Waals surface area (Å²) >= 11 is 0. The highest BCUT2D eigenvalue weighted by Gasteiger charge is 2.35.